The first-order valence-electron chi connectivity index (χ1n) is 9.68. The molecular formula is C23H23FN2O4S. The number of anilines is 2. The normalized spacial score (nSPS) is 11.1. The molecule has 0 radical (unpaired) electrons. The molecule has 0 spiro atoms. The quantitative estimate of drug-likeness (QED) is 0.562. The Hall–Kier alpha value is -3.39. The molecule has 0 bridgehead atoms. The van der Waals surface area contributed by atoms with E-state index in [1.54, 1.807) is 74.5 Å². The van der Waals surface area contributed by atoms with Crippen molar-refractivity contribution < 1.29 is 22.3 Å². The number of benzene rings is 3. The van der Waals surface area contributed by atoms with Crippen molar-refractivity contribution >= 4 is 27.3 Å². The summed E-state index contributed by atoms with van der Waals surface area (Å²) in [5.41, 5.74) is 1.60. The molecule has 1 amide bonds. The summed E-state index contributed by atoms with van der Waals surface area (Å²) in [6.45, 7) is 3.50. The van der Waals surface area contributed by atoms with E-state index in [1.807, 2.05) is 0 Å². The number of ether oxygens (including phenoxy) is 1. The van der Waals surface area contributed by atoms with E-state index >= 15 is 0 Å². The number of aryl methyl sites for hydroxylation is 1. The average Bonchev–Trinajstić information content (AvgIpc) is 2.77. The Balaban J connectivity index is 1.65. The summed E-state index contributed by atoms with van der Waals surface area (Å²) in [6, 6.07) is 18.8. The van der Waals surface area contributed by atoms with Crippen LogP contribution >= 0.6 is 0 Å². The van der Waals surface area contributed by atoms with E-state index < -0.39 is 21.7 Å². The molecular weight excluding hydrogens is 419 g/mol. The maximum atomic E-state index is 13.3. The van der Waals surface area contributed by atoms with Crippen LogP contribution in [0.2, 0.25) is 0 Å². The fourth-order valence-electron chi connectivity index (χ4n) is 2.98. The number of halogens is 1. The molecule has 3 aromatic rings. The van der Waals surface area contributed by atoms with Gasteiger partial charge in [0, 0.05) is 12.2 Å². The van der Waals surface area contributed by atoms with Gasteiger partial charge in [0.2, 0.25) is 0 Å². The van der Waals surface area contributed by atoms with Crippen molar-refractivity contribution in [2.45, 2.75) is 18.7 Å². The van der Waals surface area contributed by atoms with E-state index in [9.17, 15) is 17.6 Å². The SMILES string of the molecule is CCN(c1ccc(OCC(=O)Nc2cc(F)ccc2C)cc1)S(=O)(=O)c1ccccc1. The molecule has 0 fully saturated rings. The second-order valence-corrected chi connectivity index (χ2v) is 8.64. The number of rotatable bonds is 8. The highest BCUT2D eigenvalue weighted by Crippen LogP contribution is 2.25. The van der Waals surface area contributed by atoms with Gasteiger partial charge in [-0.2, -0.15) is 0 Å². The Kier molecular flexibility index (Phi) is 6.91. The average molecular weight is 443 g/mol. The molecule has 0 saturated carbocycles. The van der Waals surface area contributed by atoms with Gasteiger partial charge in [0.15, 0.2) is 6.61 Å². The van der Waals surface area contributed by atoms with Crippen LogP contribution in [0.25, 0.3) is 0 Å². The number of nitrogens with one attached hydrogen (secondary N) is 1. The standard InChI is InChI=1S/C23H23FN2O4S/c1-3-26(31(28,29)21-7-5-4-6-8-21)19-11-13-20(14-12-19)30-16-23(27)25-22-15-18(24)10-9-17(22)2/h4-15H,3,16H2,1-2H3,(H,25,27). The maximum absolute atomic E-state index is 13.3. The largest absolute Gasteiger partial charge is 0.484 e. The summed E-state index contributed by atoms with van der Waals surface area (Å²) in [5.74, 6) is -0.467. The van der Waals surface area contributed by atoms with E-state index in [0.29, 0.717) is 17.1 Å². The lowest BCUT2D eigenvalue weighted by atomic mass is 10.2. The second-order valence-electron chi connectivity index (χ2n) is 6.77. The summed E-state index contributed by atoms with van der Waals surface area (Å²) in [7, 11) is -3.69. The highest BCUT2D eigenvalue weighted by Gasteiger charge is 2.23. The fourth-order valence-corrected chi connectivity index (χ4v) is 4.48. The number of sulfonamides is 1. The maximum Gasteiger partial charge on any atom is 0.264 e. The predicted molar refractivity (Wildman–Crippen MR) is 118 cm³/mol. The van der Waals surface area contributed by atoms with Crippen molar-refractivity contribution in [2.24, 2.45) is 0 Å². The molecule has 0 aromatic heterocycles. The molecule has 0 heterocycles. The van der Waals surface area contributed by atoms with Crippen LogP contribution in [0.5, 0.6) is 5.75 Å². The number of carbonyl (C=O) groups excluding carboxylic acids is 1. The van der Waals surface area contributed by atoms with Gasteiger partial charge in [-0.1, -0.05) is 24.3 Å². The van der Waals surface area contributed by atoms with Gasteiger partial charge < -0.3 is 10.1 Å². The van der Waals surface area contributed by atoms with Crippen molar-refractivity contribution in [3.63, 3.8) is 0 Å². The van der Waals surface area contributed by atoms with Crippen LogP contribution in [-0.2, 0) is 14.8 Å². The lowest BCUT2D eigenvalue weighted by Crippen LogP contribution is -2.30. The Morgan fingerprint density at radius 3 is 2.35 bits per heavy atom. The molecule has 0 unspecified atom stereocenters. The first kappa shape index (κ1) is 22.3. The number of carbonyl (C=O) groups is 1. The van der Waals surface area contributed by atoms with E-state index in [2.05, 4.69) is 5.32 Å². The zero-order valence-corrected chi connectivity index (χ0v) is 18.0. The van der Waals surface area contributed by atoms with Gasteiger partial charge in [0.25, 0.3) is 15.9 Å². The van der Waals surface area contributed by atoms with Crippen LogP contribution in [0.1, 0.15) is 12.5 Å². The minimum atomic E-state index is -3.69. The Labute approximate surface area is 181 Å². The summed E-state index contributed by atoms with van der Waals surface area (Å²) < 4.78 is 45.9. The third-order valence-corrected chi connectivity index (χ3v) is 6.50. The smallest absolute Gasteiger partial charge is 0.264 e. The van der Waals surface area contributed by atoms with Crippen LogP contribution in [0, 0.1) is 12.7 Å². The zero-order valence-electron chi connectivity index (χ0n) is 17.2. The molecule has 1 N–H and O–H groups in total. The Bertz CT molecular complexity index is 1150. The van der Waals surface area contributed by atoms with Crippen LogP contribution in [0.15, 0.2) is 77.7 Å². The minimum Gasteiger partial charge on any atom is -0.484 e. The van der Waals surface area contributed by atoms with Gasteiger partial charge >= 0.3 is 0 Å². The highest BCUT2D eigenvalue weighted by atomic mass is 32.2. The van der Waals surface area contributed by atoms with Gasteiger partial charge in [0.05, 0.1) is 10.6 Å². The van der Waals surface area contributed by atoms with Crippen molar-refractivity contribution in [3.05, 3.63) is 84.2 Å². The third-order valence-electron chi connectivity index (χ3n) is 4.59. The summed E-state index contributed by atoms with van der Waals surface area (Å²) in [4.78, 5) is 12.3. The van der Waals surface area contributed by atoms with Gasteiger partial charge in [-0.05, 0) is 67.9 Å². The predicted octanol–water partition coefficient (Wildman–Crippen LogP) is 4.37. The second kappa shape index (κ2) is 9.61. The lowest BCUT2D eigenvalue weighted by Gasteiger charge is -2.23. The summed E-state index contributed by atoms with van der Waals surface area (Å²) in [6.07, 6.45) is 0. The van der Waals surface area contributed by atoms with Crippen molar-refractivity contribution in [3.8, 4) is 5.75 Å². The van der Waals surface area contributed by atoms with Gasteiger partial charge in [-0.15, -0.1) is 0 Å². The molecule has 31 heavy (non-hydrogen) atoms. The van der Waals surface area contributed by atoms with Crippen molar-refractivity contribution in [1.29, 1.82) is 0 Å². The van der Waals surface area contributed by atoms with Gasteiger partial charge in [0.1, 0.15) is 11.6 Å². The highest BCUT2D eigenvalue weighted by molar-refractivity contribution is 7.92. The zero-order chi connectivity index (χ0) is 22.4. The van der Waals surface area contributed by atoms with E-state index in [4.69, 9.17) is 4.74 Å². The minimum absolute atomic E-state index is 0.210. The van der Waals surface area contributed by atoms with E-state index in [-0.39, 0.29) is 18.0 Å². The Morgan fingerprint density at radius 1 is 1.03 bits per heavy atom. The summed E-state index contributed by atoms with van der Waals surface area (Å²) in [5, 5.41) is 2.61. The van der Waals surface area contributed by atoms with Crippen molar-refractivity contribution in [1.82, 2.24) is 0 Å². The number of hydrogen-bond acceptors (Lipinski definition) is 4. The van der Waals surface area contributed by atoms with E-state index in [1.165, 1.54) is 16.4 Å². The topological polar surface area (TPSA) is 75.7 Å². The van der Waals surface area contributed by atoms with E-state index in [0.717, 1.165) is 5.56 Å². The molecule has 0 aliphatic carbocycles. The Morgan fingerprint density at radius 2 is 1.71 bits per heavy atom. The molecule has 162 valence electrons. The molecule has 0 aliphatic heterocycles. The lowest BCUT2D eigenvalue weighted by molar-refractivity contribution is -0.118. The van der Waals surface area contributed by atoms with Crippen LogP contribution < -0.4 is 14.4 Å². The number of amides is 1. The molecule has 3 rings (SSSR count). The van der Waals surface area contributed by atoms with Crippen LogP contribution in [-0.4, -0.2) is 27.5 Å². The third kappa shape index (κ3) is 5.40. The van der Waals surface area contributed by atoms with Crippen molar-refractivity contribution in [2.75, 3.05) is 22.8 Å². The van der Waals surface area contributed by atoms with Crippen LogP contribution in [0.3, 0.4) is 0 Å². The number of hydrogen-bond donors (Lipinski definition) is 1. The van der Waals surface area contributed by atoms with Gasteiger partial charge in [-0.3, -0.25) is 9.10 Å². The molecule has 8 heteroatoms. The monoisotopic (exact) mass is 442 g/mol. The number of nitrogens with zero attached hydrogens (tertiary/aromatic N) is 1. The molecule has 0 aliphatic rings. The molecule has 0 atom stereocenters. The summed E-state index contributed by atoms with van der Waals surface area (Å²) >= 11 is 0. The first-order chi connectivity index (χ1) is 14.8. The van der Waals surface area contributed by atoms with Crippen LogP contribution in [0.4, 0.5) is 15.8 Å². The fraction of sp³-hybridized carbons (Fsp3) is 0.174. The molecule has 3 aromatic carbocycles. The molecule has 0 saturated heterocycles. The molecule has 6 nitrogen and oxygen atoms in total. The first-order valence-corrected chi connectivity index (χ1v) is 11.1. The van der Waals surface area contributed by atoms with Gasteiger partial charge in [-0.25, -0.2) is 12.8 Å².